The standard InChI is InChI=1S/C19H21NO3S/c1-23-16-8-5-9-17(12-16)24(22)13-18(21)20-19(15-10-11-15)14-6-3-2-4-7-14/h2-9,12,15,19H,10-11,13H2,1H3,(H,20,21)/t19-,24+/m0/s1. The summed E-state index contributed by atoms with van der Waals surface area (Å²) in [5, 5.41) is 3.06. The first-order chi connectivity index (χ1) is 11.7. The predicted octanol–water partition coefficient (Wildman–Crippen LogP) is 3.07. The molecule has 0 bridgehead atoms. The molecule has 1 fully saturated rings. The highest BCUT2D eigenvalue weighted by Gasteiger charge is 2.33. The first kappa shape index (κ1) is 16.7. The van der Waals surface area contributed by atoms with E-state index in [2.05, 4.69) is 5.32 Å². The third kappa shape index (κ3) is 4.23. The van der Waals surface area contributed by atoms with Gasteiger partial charge in [-0.05, 0) is 42.5 Å². The van der Waals surface area contributed by atoms with Crippen molar-refractivity contribution in [2.75, 3.05) is 12.9 Å². The molecule has 0 aliphatic heterocycles. The highest BCUT2D eigenvalue weighted by molar-refractivity contribution is 7.85. The van der Waals surface area contributed by atoms with Gasteiger partial charge in [0.2, 0.25) is 5.91 Å². The lowest BCUT2D eigenvalue weighted by Crippen LogP contribution is -2.33. The molecule has 1 aliphatic carbocycles. The molecule has 24 heavy (non-hydrogen) atoms. The molecule has 1 aliphatic rings. The van der Waals surface area contributed by atoms with Crippen LogP contribution < -0.4 is 10.1 Å². The average Bonchev–Trinajstić information content (AvgIpc) is 3.45. The summed E-state index contributed by atoms with van der Waals surface area (Å²) < 4.78 is 17.6. The number of rotatable bonds is 7. The van der Waals surface area contributed by atoms with E-state index in [1.807, 2.05) is 30.3 Å². The SMILES string of the molecule is COc1cccc([S@](=O)CC(=O)N[C@@H](c2ccccc2)C2CC2)c1. The number of hydrogen-bond donors (Lipinski definition) is 1. The van der Waals surface area contributed by atoms with E-state index in [1.165, 1.54) is 0 Å². The van der Waals surface area contributed by atoms with Crippen LogP contribution in [0.3, 0.4) is 0 Å². The van der Waals surface area contributed by atoms with Crippen molar-refractivity contribution in [1.29, 1.82) is 0 Å². The highest BCUT2D eigenvalue weighted by Crippen LogP contribution is 2.40. The number of carbonyl (C=O) groups excluding carboxylic acids is 1. The van der Waals surface area contributed by atoms with Crippen LogP contribution in [0.2, 0.25) is 0 Å². The second kappa shape index (κ2) is 7.62. The van der Waals surface area contributed by atoms with E-state index in [0.717, 1.165) is 18.4 Å². The second-order valence-electron chi connectivity index (χ2n) is 5.96. The molecule has 4 nitrogen and oxygen atoms in total. The highest BCUT2D eigenvalue weighted by atomic mass is 32.2. The van der Waals surface area contributed by atoms with Crippen LogP contribution in [-0.2, 0) is 15.6 Å². The largest absolute Gasteiger partial charge is 0.497 e. The Morgan fingerprint density at radius 2 is 1.96 bits per heavy atom. The summed E-state index contributed by atoms with van der Waals surface area (Å²) in [6, 6.07) is 17.0. The molecule has 126 valence electrons. The number of methoxy groups -OCH3 is 1. The molecule has 0 radical (unpaired) electrons. The summed E-state index contributed by atoms with van der Waals surface area (Å²) >= 11 is 0. The molecule has 1 saturated carbocycles. The Morgan fingerprint density at radius 1 is 1.21 bits per heavy atom. The third-order valence-corrected chi connectivity index (χ3v) is 5.44. The van der Waals surface area contributed by atoms with E-state index in [1.54, 1.807) is 31.4 Å². The van der Waals surface area contributed by atoms with Gasteiger partial charge in [0, 0.05) is 4.90 Å². The summed E-state index contributed by atoms with van der Waals surface area (Å²) in [6.07, 6.45) is 2.25. The minimum atomic E-state index is -1.38. The fourth-order valence-electron chi connectivity index (χ4n) is 2.72. The lowest BCUT2D eigenvalue weighted by molar-refractivity contribution is -0.119. The van der Waals surface area contributed by atoms with Crippen LogP contribution in [0.25, 0.3) is 0 Å². The molecule has 5 heteroatoms. The van der Waals surface area contributed by atoms with Crippen LogP contribution in [-0.4, -0.2) is 23.0 Å². The Hall–Kier alpha value is -2.14. The van der Waals surface area contributed by atoms with Crippen LogP contribution in [0, 0.1) is 5.92 Å². The molecular formula is C19H21NO3S. The van der Waals surface area contributed by atoms with E-state index >= 15 is 0 Å². The second-order valence-corrected chi connectivity index (χ2v) is 7.41. The van der Waals surface area contributed by atoms with Gasteiger partial charge in [0.05, 0.1) is 24.0 Å². The Labute approximate surface area is 144 Å². The number of nitrogens with one attached hydrogen (secondary N) is 1. The summed E-state index contributed by atoms with van der Waals surface area (Å²) in [5.74, 6) is 0.906. The molecule has 0 spiro atoms. The Balaban J connectivity index is 1.64. The summed E-state index contributed by atoms with van der Waals surface area (Å²) in [7, 11) is 0.181. The molecule has 0 aromatic heterocycles. The quantitative estimate of drug-likeness (QED) is 0.840. The zero-order chi connectivity index (χ0) is 16.9. The van der Waals surface area contributed by atoms with Crippen molar-refractivity contribution in [2.45, 2.75) is 23.8 Å². The van der Waals surface area contributed by atoms with E-state index in [9.17, 15) is 9.00 Å². The molecule has 0 saturated heterocycles. The Kier molecular flexibility index (Phi) is 5.30. The van der Waals surface area contributed by atoms with Gasteiger partial charge in [-0.2, -0.15) is 0 Å². The molecule has 3 rings (SSSR count). The van der Waals surface area contributed by atoms with Crippen molar-refractivity contribution in [1.82, 2.24) is 5.32 Å². The van der Waals surface area contributed by atoms with Gasteiger partial charge in [0.1, 0.15) is 11.5 Å². The van der Waals surface area contributed by atoms with Crippen LogP contribution in [0.5, 0.6) is 5.75 Å². The van der Waals surface area contributed by atoms with Crippen molar-refractivity contribution in [3.63, 3.8) is 0 Å². The van der Waals surface area contributed by atoms with E-state index in [4.69, 9.17) is 4.74 Å². The fraction of sp³-hybridized carbons (Fsp3) is 0.316. The average molecular weight is 343 g/mol. The van der Waals surface area contributed by atoms with Gasteiger partial charge < -0.3 is 10.1 Å². The number of ether oxygens (including phenoxy) is 1. The van der Waals surface area contributed by atoms with Gasteiger partial charge in [0.25, 0.3) is 0 Å². The number of hydrogen-bond acceptors (Lipinski definition) is 3. The molecule has 0 unspecified atom stereocenters. The fourth-order valence-corrected chi connectivity index (χ4v) is 3.69. The summed E-state index contributed by atoms with van der Waals surface area (Å²) in [5.41, 5.74) is 1.11. The maximum atomic E-state index is 12.4. The van der Waals surface area contributed by atoms with Crippen LogP contribution in [0.1, 0.15) is 24.4 Å². The maximum Gasteiger partial charge on any atom is 0.233 e. The normalized spacial score (nSPS) is 16.2. The van der Waals surface area contributed by atoms with Gasteiger partial charge in [-0.3, -0.25) is 9.00 Å². The minimum Gasteiger partial charge on any atom is -0.497 e. The third-order valence-electron chi connectivity index (χ3n) is 4.13. The van der Waals surface area contributed by atoms with Gasteiger partial charge in [0.15, 0.2) is 0 Å². The zero-order valence-corrected chi connectivity index (χ0v) is 14.4. The Morgan fingerprint density at radius 3 is 2.62 bits per heavy atom. The molecule has 0 heterocycles. The Bertz CT molecular complexity index is 728. The van der Waals surface area contributed by atoms with E-state index in [0.29, 0.717) is 16.6 Å². The topological polar surface area (TPSA) is 55.4 Å². The van der Waals surface area contributed by atoms with E-state index < -0.39 is 10.8 Å². The maximum absolute atomic E-state index is 12.4. The van der Waals surface area contributed by atoms with Gasteiger partial charge in [-0.15, -0.1) is 0 Å². The smallest absolute Gasteiger partial charge is 0.233 e. The minimum absolute atomic E-state index is 0.0148. The van der Waals surface area contributed by atoms with Gasteiger partial charge in [-0.1, -0.05) is 36.4 Å². The first-order valence-electron chi connectivity index (χ1n) is 8.04. The summed E-state index contributed by atoms with van der Waals surface area (Å²) in [4.78, 5) is 13.0. The monoisotopic (exact) mass is 343 g/mol. The number of carbonyl (C=O) groups is 1. The summed E-state index contributed by atoms with van der Waals surface area (Å²) in [6.45, 7) is 0. The number of amides is 1. The lowest BCUT2D eigenvalue weighted by Gasteiger charge is -2.18. The molecule has 1 N–H and O–H groups in total. The van der Waals surface area contributed by atoms with Crippen molar-refractivity contribution >= 4 is 16.7 Å². The molecular weight excluding hydrogens is 322 g/mol. The molecule has 2 aromatic rings. The van der Waals surface area contributed by atoms with Crippen LogP contribution >= 0.6 is 0 Å². The lowest BCUT2D eigenvalue weighted by atomic mass is 10.0. The van der Waals surface area contributed by atoms with Crippen molar-refractivity contribution < 1.29 is 13.7 Å². The van der Waals surface area contributed by atoms with Gasteiger partial charge >= 0.3 is 0 Å². The zero-order valence-electron chi connectivity index (χ0n) is 13.6. The van der Waals surface area contributed by atoms with Crippen LogP contribution in [0.15, 0.2) is 59.5 Å². The van der Waals surface area contributed by atoms with Crippen molar-refractivity contribution in [2.24, 2.45) is 5.92 Å². The molecule has 2 aromatic carbocycles. The predicted molar refractivity (Wildman–Crippen MR) is 94.3 cm³/mol. The van der Waals surface area contributed by atoms with Crippen molar-refractivity contribution in [3.05, 3.63) is 60.2 Å². The van der Waals surface area contributed by atoms with E-state index in [-0.39, 0.29) is 17.7 Å². The molecule has 2 atom stereocenters. The van der Waals surface area contributed by atoms with Crippen LogP contribution in [0.4, 0.5) is 0 Å². The van der Waals surface area contributed by atoms with Gasteiger partial charge in [-0.25, -0.2) is 0 Å². The van der Waals surface area contributed by atoms with Crippen molar-refractivity contribution in [3.8, 4) is 5.75 Å². The first-order valence-corrected chi connectivity index (χ1v) is 9.36. The number of benzene rings is 2. The molecule has 1 amide bonds.